The predicted octanol–water partition coefficient (Wildman–Crippen LogP) is 3.11. The fourth-order valence-corrected chi connectivity index (χ4v) is 1.41. The minimum Gasteiger partial charge on any atom is -0.253 e. The highest BCUT2D eigenvalue weighted by Gasteiger charge is 2.06. The molecule has 0 atom stereocenters. The summed E-state index contributed by atoms with van der Waals surface area (Å²) in [6, 6.07) is 3.24. The van der Waals surface area contributed by atoms with Crippen LogP contribution in [-0.2, 0) is 0 Å². The molecule has 2 rings (SSSR count). The van der Waals surface area contributed by atoms with E-state index in [1.54, 1.807) is 19.2 Å². The van der Waals surface area contributed by atoms with Gasteiger partial charge in [0.15, 0.2) is 5.82 Å². The summed E-state index contributed by atoms with van der Waals surface area (Å²) in [5.74, 6) is -0.346. The van der Waals surface area contributed by atoms with Crippen LogP contribution in [0.2, 0.25) is 0 Å². The molecule has 0 bridgehead atoms. The van der Waals surface area contributed by atoms with Crippen molar-refractivity contribution < 1.29 is 4.39 Å². The van der Waals surface area contributed by atoms with Gasteiger partial charge in [-0.25, -0.2) is 9.37 Å². The van der Waals surface area contributed by atoms with Crippen LogP contribution in [0.3, 0.4) is 0 Å². The largest absolute Gasteiger partial charge is 0.253 e. The van der Waals surface area contributed by atoms with Gasteiger partial charge < -0.3 is 0 Å². The first-order valence-electron chi connectivity index (χ1n) is 4.66. The van der Waals surface area contributed by atoms with Crippen LogP contribution >= 0.6 is 0 Å². The number of benzene rings is 1. The fraction of sp³-hybridized carbons (Fsp3) is 0.167. The average Bonchev–Trinajstić information content (AvgIpc) is 2.18. The van der Waals surface area contributed by atoms with E-state index in [9.17, 15) is 4.39 Å². The summed E-state index contributed by atoms with van der Waals surface area (Å²) < 4.78 is 13.6. The Morgan fingerprint density at radius 1 is 1.40 bits per heavy atom. The number of hydrogen-bond acceptors (Lipinski definition) is 2. The molecule has 1 aromatic heterocycles. The first-order valence-corrected chi connectivity index (χ1v) is 4.66. The standard InChI is InChI=1S/C12H11FN2/c1-7(2)9-4-10(13)12-11(5-9)14-6-8(3)15-12/h4-6H,1H2,2-3H3. The molecule has 0 saturated heterocycles. The van der Waals surface area contributed by atoms with Gasteiger partial charge in [0, 0.05) is 6.20 Å². The first-order chi connectivity index (χ1) is 7.08. The van der Waals surface area contributed by atoms with Crippen LogP contribution in [-0.4, -0.2) is 9.97 Å². The lowest BCUT2D eigenvalue weighted by Crippen LogP contribution is -1.92. The van der Waals surface area contributed by atoms with E-state index >= 15 is 0 Å². The zero-order valence-corrected chi connectivity index (χ0v) is 8.71. The Hall–Kier alpha value is -1.77. The highest BCUT2D eigenvalue weighted by molar-refractivity contribution is 5.80. The highest BCUT2D eigenvalue weighted by atomic mass is 19.1. The molecule has 0 unspecified atom stereocenters. The van der Waals surface area contributed by atoms with Crippen molar-refractivity contribution >= 4 is 16.6 Å². The summed E-state index contributed by atoms with van der Waals surface area (Å²) >= 11 is 0. The molecule has 0 radical (unpaired) electrons. The van der Waals surface area contributed by atoms with Crippen molar-refractivity contribution in [3.63, 3.8) is 0 Å². The van der Waals surface area contributed by atoms with Crippen molar-refractivity contribution in [1.82, 2.24) is 9.97 Å². The van der Waals surface area contributed by atoms with E-state index in [4.69, 9.17) is 0 Å². The third-order valence-corrected chi connectivity index (χ3v) is 2.21. The van der Waals surface area contributed by atoms with Gasteiger partial charge in [0.1, 0.15) is 5.52 Å². The fourth-order valence-electron chi connectivity index (χ4n) is 1.41. The molecule has 0 amide bonds. The quantitative estimate of drug-likeness (QED) is 0.710. The minimum absolute atomic E-state index is 0.319. The van der Waals surface area contributed by atoms with E-state index in [0.717, 1.165) is 11.1 Å². The highest BCUT2D eigenvalue weighted by Crippen LogP contribution is 2.20. The molecular weight excluding hydrogens is 191 g/mol. The van der Waals surface area contributed by atoms with E-state index in [1.807, 2.05) is 6.92 Å². The molecule has 0 fully saturated rings. The monoisotopic (exact) mass is 202 g/mol. The molecule has 0 aliphatic rings. The number of nitrogens with zero attached hydrogens (tertiary/aromatic N) is 2. The molecule has 0 aliphatic carbocycles. The summed E-state index contributed by atoms with van der Waals surface area (Å²) in [6.45, 7) is 7.40. The molecule has 0 N–H and O–H groups in total. The van der Waals surface area contributed by atoms with E-state index < -0.39 is 0 Å². The summed E-state index contributed by atoms with van der Waals surface area (Å²) in [5, 5.41) is 0. The SMILES string of the molecule is C=C(C)c1cc(F)c2nc(C)cnc2c1. The van der Waals surface area contributed by atoms with Crippen LogP contribution in [0.25, 0.3) is 16.6 Å². The zero-order valence-electron chi connectivity index (χ0n) is 8.71. The Kier molecular flexibility index (Phi) is 2.23. The maximum Gasteiger partial charge on any atom is 0.151 e. The Morgan fingerprint density at radius 3 is 2.80 bits per heavy atom. The summed E-state index contributed by atoms with van der Waals surface area (Å²) in [4.78, 5) is 8.25. The molecule has 1 aromatic carbocycles. The van der Waals surface area contributed by atoms with Crippen LogP contribution in [0.4, 0.5) is 4.39 Å². The number of aromatic nitrogens is 2. The first kappa shape index (κ1) is 9.77. The minimum atomic E-state index is -0.346. The molecule has 1 heterocycles. The van der Waals surface area contributed by atoms with E-state index in [1.165, 1.54) is 6.07 Å². The molecule has 15 heavy (non-hydrogen) atoms. The molecule has 0 saturated carbocycles. The molecule has 2 aromatic rings. The number of aryl methyl sites for hydroxylation is 1. The van der Waals surface area contributed by atoms with Crippen molar-refractivity contribution in [3.05, 3.63) is 42.0 Å². The lowest BCUT2D eigenvalue weighted by atomic mass is 10.1. The van der Waals surface area contributed by atoms with Gasteiger partial charge in [-0.2, -0.15) is 0 Å². The normalized spacial score (nSPS) is 10.6. The Morgan fingerprint density at radius 2 is 2.13 bits per heavy atom. The van der Waals surface area contributed by atoms with E-state index in [-0.39, 0.29) is 5.82 Å². The molecular formula is C12H11FN2. The van der Waals surface area contributed by atoms with Gasteiger partial charge in [0.2, 0.25) is 0 Å². The number of allylic oxidation sites excluding steroid dienone is 1. The Bertz CT molecular complexity index is 547. The topological polar surface area (TPSA) is 25.8 Å². The lowest BCUT2D eigenvalue weighted by molar-refractivity contribution is 0.635. The van der Waals surface area contributed by atoms with Gasteiger partial charge in [-0.3, -0.25) is 4.98 Å². The van der Waals surface area contributed by atoms with Gasteiger partial charge in [-0.1, -0.05) is 12.2 Å². The number of fused-ring (bicyclic) bond motifs is 1. The summed E-state index contributed by atoms with van der Waals surface area (Å²) in [6.07, 6.45) is 1.63. The van der Waals surface area contributed by atoms with Crippen molar-refractivity contribution in [2.24, 2.45) is 0 Å². The smallest absolute Gasteiger partial charge is 0.151 e. The van der Waals surface area contributed by atoms with Gasteiger partial charge in [0.05, 0.1) is 11.2 Å². The second-order valence-corrected chi connectivity index (χ2v) is 3.62. The average molecular weight is 202 g/mol. The van der Waals surface area contributed by atoms with Crippen LogP contribution in [0.15, 0.2) is 24.9 Å². The Balaban J connectivity index is 2.78. The van der Waals surface area contributed by atoms with Crippen molar-refractivity contribution in [3.8, 4) is 0 Å². The molecule has 0 aliphatic heterocycles. The Labute approximate surface area is 87.5 Å². The van der Waals surface area contributed by atoms with Crippen molar-refractivity contribution in [2.45, 2.75) is 13.8 Å². The van der Waals surface area contributed by atoms with Gasteiger partial charge >= 0.3 is 0 Å². The summed E-state index contributed by atoms with van der Waals surface area (Å²) in [7, 11) is 0. The third-order valence-electron chi connectivity index (χ3n) is 2.21. The van der Waals surface area contributed by atoms with Gasteiger partial charge in [-0.15, -0.1) is 0 Å². The van der Waals surface area contributed by atoms with Gasteiger partial charge in [-0.05, 0) is 31.5 Å². The van der Waals surface area contributed by atoms with E-state index in [0.29, 0.717) is 16.7 Å². The molecule has 0 spiro atoms. The maximum atomic E-state index is 13.6. The maximum absolute atomic E-state index is 13.6. The second kappa shape index (κ2) is 3.42. The van der Waals surface area contributed by atoms with Crippen LogP contribution in [0, 0.1) is 12.7 Å². The zero-order chi connectivity index (χ0) is 11.0. The molecule has 3 heteroatoms. The van der Waals surface area contributed by atoms with E-state index in [2.05, 4.69) is 16.5 Å². The second-order valence-electron chi connectivity index (χ2n) is 3.62. The van der Waals surface area contributed by atoms with Crippen molar-refractivity contribution in [2.75, 3.05) is 0 Å². The predicted molar refractivity (Wildman–Crippen MR) is 58.9 cm³/mol. The number of hydrogen-bond donors (Lipinski definition) is 0. The van der Waals surface area contributed by atoms with Gasteiger partial charge in [0.25, 0.3) is 0 Å². The number of rotatable bonds is 1. The van der Waals surface area contributed by atoms with Crippen LogP contribution < -0.4 is 0 Å². The number of halogens is 1. The lowest BCUT2D eigenvalue weighted by Gasteiger charge is -2.04. The molecule has 2 nitrogen and oxygen atoms in total. The summed E-state index contributed by atoms with van der Waals surface area (Å²) in [5.41, 5.74) is 3.18. The van der Waals surface area contributed by atoms with Crippen molar-refractivity contribution in [1.29, 1.82) is 0 Å². The van der Waals surface area contributed by atoms with Crippen LogP contribution in [0.5, 0.6) is 0 Å². The third kappa shape index (κ3) is 1.73. The van der Waals surface area contributed by atoms with Crippen LogP contribution in [0.1, 0.15) is 18.2 Å². The molecule has 76 valence electrons.